The Labute approximate surface area is 156 Å². The molecule has 142 valence electrons. The van der Waals surface area contributed by atoms with Crippen molar-refractivity contribution in [2.75, 3.05) is 50.7 Å². The second-order valence-corrected chi connectivity index (χ2v) is 7.16. The molecule has 1 saturated heterocycles. The highest BCUT2D eigenvalue weighted by molar-refractivity contribution is 5.98. The predicted molar refractivity (Wildman–Crippen MR) is 103 cm³/mol. The lowest BCUT2D eigenvalue weighted by Crippen LogP contribution is -2.56. The van der Waals surface area contributed by atoms with E-state index < -0.39 is 0 Å². The molecule has 26 heavy (non-hydrogen) atoms. The lowest BCUT2D eigenvalue weighted by Gasteiger charge is -2.39. The summed E-state index contributed by atoms with van der Waals surface area (Å²) in [5.41, 5.74) is 2.34. The zero-order chi connectivity index (χ0) is 18.5. The SMILES string of the molecule is CCNC(=O)CN1CCN(C(C)C(=O)N2CCCc3ccccc32)CC1. The monoisotopic (exact) mass is 358 g/mol. The molecule has 0 radical (unpaired) electrons. The van der Waals surface area contributed by atoms with E-state index in [9.17, 15) is 9.59 Å². The van der Waals surface area contributed by atoms with Crippen molar-refractivity contribution < 1.29 is 9.59 Å². The van der Waals surface area contributed by atoms with E-state index in [0.717, 1.165) is 51.3 Å². The van der Waals surface area contributed by atoms with Gasteiger partial charge in [0, 0.05) is 45.0 Å². The molecule has 1 atom stereocenters. The molecule has 0 bridgehead atoms. The fraction of sp³-hybridized carbons (Fsp3) is 0.600. The van der Waals surface area contributed by atoms with Crippen LogP contribution in [-0.4, -0.2) is 73.5 Å². The summed E-state index contributed by atoms with van der Waals surface area (Å²) in [5, 5.41) is 2.84. The molecule has 1 unspecified atom stereocenters. The number of nitrogens with one attached hydrogen (secondary N) is 1. The largest absolute Gasteiger partial charge is 0.355 e. The molecule has 0 saturated carbocycles. The first-order valence-electron chi connectivity index (χ1n) is 9.72. The van der Waals surface area contributed by atoms with Crippen molar-refractivity contribution in [1.29, 1.82) is 0 Å². The number of hydrogen-bond donors (Lipinski definition) is 1. The zero-order valence-corrected chi connectivity index (χ0v) is 15.9. The van der Waals surface area contributed by atoms with Gasteiger partial charge < -0.3 is 10.2 Å². The van der Waals surface area contributed by atoms with Crippen LogP contribution in [0, 0.1) is 0 Å². The molecular formula is C20H30N4O2. The molecule has 0 aromatic heterocycles. The smallest absolute Gasteiger partial charge is 0.244 e. The van der Waals surface area contributed by atoms with Gasteiger partial charge in [0.2, 0.25) is 11.8 Å². The summed E-state index contributed by atoms with van der Waals surface area (Å²) in [6, 6.07) is 8.11. The van der Waals surface area contributed by atoms with Gasteiger partial charge in [-0.1, -0.05) is 18.2 Å². The third-order valence-electron chi connectivity index (χ3n) is 5.43. The molecule has 2 heterocycles. The molecule has 1 N–H and O–H groups in total. The normalized spacial score (nSPS) is 19.7. The molecule has 6 nitrogen and oxygen atoms in total. The standard InChI is InChI=1S/C20H30N4O2/c1-3-21-19(25)15-22-11-13-23(14-12-22)16(2)20(26)24-10-6-8-17-7-4-5-9-18(17)24/h4-5,7,9,16H,3,6,8,10-15H2,1-2H3,(H,21,25). The van der Waals surface area contributed by atoms with Gasteiger partial charge in [0.15, 0.2) is 0 Å². The summed E-state index contributed by atoms with van der Waals surface area (Å²) in [6.07, 6.45) is 2.07. The lowest BCUT2D eigenvalue weighted by atomic mass is 10.0. The third-order valence-corrected chi connectivity index (χ3v) is 5.43. The van der Waals surface area contributed by atoms with Gasteiger partial charge in [-0.05, 0) is 38.3 Å². The Balaban J connectivity index is 1.56. The highest BCUT2D eigenvalue weighted by Gasteiger charge is 2.31. The van der Waals surface area contributed by atoms with E-state index in [0.29, 0.717) is 13.1 Å². The van der Waals surface area contributed by atoms with Crippen LogP contribution in [0.4, 0.5) is 5.69 Å². The van der Waals surface area contributed by atoms with Crippen LogP contribution in [0.5, 0.6) is 0 Å². The predicted octanol–water partition coefficient (Wildman–Crippen LogP) is 1.11. The third kappa shape index (κ3) is 4.24. The maximum absolute atomic E-state index is 13.1. The lowest BCUT2D eigenvalue weighted by molar-refractivity contribution is -0.126. The molecule has 2 aliphatic rings. The van der Waals surface area contributed by atoms with E-state index in [-0.39, 0.29) is 17.9 Å². The minimum absolute atomic E-state index is 0.0787. The second kappa shape index (κ2) is 8.64. The summed E-state index contributed by atoms with van der Waals surface area (Å²) in [7, 11) is 0. The van der Waals surface area contributed by atoms with E-state index in [2.05, 4.69) is 27.2 Å². The van der Waals surface area contributed by atoms with E-state index >= 15 is 0 Å². The van der Waals surface area contributed by atoms with Crippen LogP contribution in [0.2, 0.25) is 0 Å². The fourth-order valence-corrected chi connectivity index (χ4v) is 3.91. The minimum atomic E-state index is -0.132. The average molecular weight is 358 g/mol. The molecule has 0 spiro atoms. The first-order valence-corrected chi connectivity index (χ1v) is 9.72. The number of nitrogens with zero attached hydrogens (tertiary/aromatic N) is 3. The van der Waals surface area contributed by atoms with Gasteiger partial charge in [0.05, 0.1) is 12.6 Å². The summed E-state index contributed by atoms with van der Waals surface area (Å²) in [5.74, 6) is 0.268. The van der Waals surface area contributed by atoms with E-state index in [1.54, 1.807) is 0 Å². The number of rotatable bonds is 5. The van der Waals surface area contributed by atoms with Crippen LogP contribution >= 0.6 is 0 Å². The molecule has 1 aromatic carbocycles. The van der Waals surface area contributed by atoms with Crippen LogP contribution in [-0.2, 0) is 16.0 Å². The maximum Gasteiger partial charge on any atom is 0.244 e. The summed E-state index contributed by atoms with van der Waals surface area (Å²) in [6.45, 7) is 9.16. The van der Waals surface area contributed by atoms with Gasteiger partial charge >= 0.3 is 0 Å². The van der Waals surface area contributed by atoms with Crippen LogP contribution in [0.3, 0.4) is 0 Å². The van der Waals surface area contributed by atoms with Crippen molar-refractivity contribution >= 4 is 17.5 Å². The molecule has 6 heteroatoms. The molecule has 3 rings (SSSR count). The Morgan fingerprint density at radius 1 is 1.12 bits per heavy atom. The second-order valence-electron chi connectivity index (χ2n) is 7.16. The number of likely N-dealkylation sites (N-methyl/N-ethyl adjacent to an activating group) is 1. The number of piperazine rings is 1. The Hall–Kier alpha value is -1.92. The number of fused-ring (bicyclic) bond motifs is 1. The Bertz CT molecular complexity index is 640. The van der Waals surface area contributed by atoms with Gasteiger partial charge in [-0.25, -0.2) is 0 Å². The van der Waals surface area contributed by atoms with Gasteiger partial charge in [-0.3, -0.25) is 19.4 Å². The topological polar surface area (TPSA) is 55.9 Å². The summed E-state index contributed by atoms with van der Waals surface area (Å²) >= 11 is 0. The number of hydrogen-bond acceptors (Lipinski definition) is 4. The molecule has 2 amide bonds. The van der Waals surface area contributed by atoms with Gasteiger partial charge in [-0.15, -0.1) is 0 Å². The van der Waals surface area contributed by atoms with Crippen molar-refractivity contribution in [1.82, 2.24) is 15.1 Å². The molecular weight excluding hydrogens is 328 g/mol. The van der Waals surface area contributed by atoms with Crippen LogP contribution in [0.1, 0.15) is 25.8 Å². The van der Waals surface area contributed by atoms with Crippen molar-refractivity contribution in [2.45, 2.75) is 32.7 Å². The Morgan fingerprint density at radius 2 is 1.85 bits per heavy atom. The van der Waals surface area contributed by atoms with E-state index in [4.69, 9.17) is 0 Å². The number of para-hydroxylation sites is 1. The van der Waals surface area contributed by atoms with Crippen molar-refractivity contribution in [3.63, 3.8) is 0 Å². The number of anilines is 1. The van der Waals surface area contributed by atoms with Gasteiger partial charge in [0.1, 0.15) is 0 Å². The Morgan fingerprint density at radius 3 is 2.58 bits per heavy atom. The van der Waals surface area contributed by atoms with Crippen LogP contribution in [0.25, 0.3) is 0 Å². The minimum Gasteiger partial charge on any atom is -0.355 e. The molecule has 1 aromatic rings. The first kappa shape index (κ1) is 18.9. The van der Waals surface area contributed by atoms with Crippen molar-refractivity contribution in [3.8, 4) is 0 Å². The summed E-state index contributed by atoms with van der Waals surface area (Å²) in [4.78, 5) is 31.2. The number of carbonyl (C=O) groups excluding carboxylic acids is 2. The number of benzene rings is 1. The molecule has 2 aliphatic heterocycles. The quantitative estimate of drug-likeness (QED) is 0.857. The maximum atomic E-state index is 13.1. The van der Waals surface area contributed by atoms with Gasteiger partial charge in [-0.2, -0.15) is 0 Å². The number of carbonyl (C=O) groups is 2. The Kier molecular flexibility index (Phi) is 6.27. The highest BCUT2D eigenvalue weighted by Crippen LogP contribution is 2.27. The highest BCUT2D eigenvalue weighted by atomic mass is 16.2. The fourth-order valence-electron chi connectivity index (χ4n) is 3.91. The number of aryl methyl sites for hydroxylation is 1. The van der Waals surface area contributed by atoms with Crippen LogP contribution < -0.4 is 10.2 Å². The van der Waals surface area contributed by atoms with E-state index in [1.807, 2.05) is 30.9 Å². The average Bonchev–Trinajstić information content (AvgIpc) is 2.67. The number of amides is 2. The zero-order valence-electron chi connectivity index (χ0n) is 15.9. The van der Waals surface area contributed by atoms with Crippen molar-refractivity contribution in [2.24, 2.45) is 0 Å². The summed E-state index contributed by atoms with van der Waals surface area (Å²) < 4.78 is 0. The van der Waals surface area contributed by atoms with Crippen molar-refractivity contribution in [3.05, 3.63) is 29.8 Å². The molecule has 0 aliphatic carbocycles. The molecule has 1 fully saturated rings. The first-order chi connectivity index (χ1) is 12.6. The van der Waals surface area contributed by atoms with Crippen LogP contribution in [0.15, 0.2) is 24.3 Å². The van der Waals surface area contributed by atoms with Gasteiger partial charge in [0.25, 0.3) is 0 Å². The van der Waals surface area contributed by atoms with E-state index in [1.165, 1.54) is 5.56 Å².